The Kier molecular flexibility index (Phi) is 2.65. The fourth-order valence-corrected chi connectivity index (χ4v) is 4.49. The van der Waals surface area contributed by atoms with Gasteiger partial charge in [0.1, 0.15) is 11.3 Å². The minimum absolute atomic E-state index is 0.0269. The zero-order chi connectivity index (χ0) is 15.6. The third-order valence-electron chi connectivity index (χ3n) is 5.26. The van der Waals surface area contributed by atoms with Gasteiger partial charge in [-0.15, -0.1) is 0 Å². The highest BCUT2D eigenvalue weighted by Crippen LogP contribution is 2.63. The van der Waals surface area contributed by atoms with Crippen molar-refractivity contribution in [2.75, 3.05) is 7.11 Å². The quantitative estimate of drug-likeness (QED) is 0.564. The van der Waals surface area contributed by atoms with E-state index >= 15 is 0 Å². The lowest BCUT2D eigenvalue weighted by Crippen LogP contribution is -2.53. The van der Waals surface area contributed by atoms with Crippen molar-refractivity contribution < 1.29 is 29.3 Å². The van der Waals surface area contributed by atoms with Gasteiger partial charge in [-0.3, -0.25) is 0 Å². The van der Waals surface area contributed by atoms with Gasteiger partial charge < -0.3 is 24.5 Å². The molecule has 0 spiro atoms. The van der Waals surface area contributed by atoms with Crippen LogP contribution < -0.4 is 9.39 Å². The molecule has 4 unspecified atom stereocenters. The Morgan fingerprint density at radius 2 is 2.05 bits per heavy atom. The largest absolute Gasteiger partial charge is 0.669 e. The second-order valence-electron chi connectivity index (χ2n) is 6.30. The molecule has 3 aliphatic rings. The molecule has 1 aliphatic heterocycles. The van der Waals surface area contributed by atoms with Gasteiger partial charge in [-0.05, 0) is 35.8 Å². The third kappa shape index (κ3) is 1.60. The maximum absolute atomic E-state index is 11.6. The number of allylic oxidation sites excluding steroid dienone is 2. The van der Waals surface area contributed by atoms with Crippen molar-refractivity contribution in [1.29, 1.82) is 0 Å². The first-order valence-corrected chi connectivity index (χ1v) is 7.35. The molecule has 2 bridgehead atoms. The summed E-state index contributed by atoms with van der Waals surface area (Å²) in [6.45, 7) is -3.11. The average Bonchev–Trinajstić information content (AvgIpc) is 3.06. The molecule has 1 saturated carbocycles. The summed E-state index contributed by atoms with van der Waals surface area (Å²) in [6.07, 6.45) is 4.93. The fourth-order valence-electron chi connectivity index (χ4n) is 4.49. The number of benzene rings is 1. The molecule has 7 heteroatoms. The summed E-state index contributed by atoms with van der Waals surface area (Å²) in [7, 11) is 1.37. The Morgan fingerprint density at radius 3 is 2.73 bits per heavy atom. The van der Waals surface area contributed by atoms with Gasteiger partial charge in [0.2, 0.25) is 0 Å². The van der Waals surface area contributed by atoms with Crippen molar-refractivity contribution in [2.24, 2.45) is 11.8 Å². The van der Waals surface area contributed by atoms with Crippen LogP contribution in [0.15, 0.2) is 24.3 Å². The molecule has 0 amide bonds. The summed E-state index contributed by atoms with van der Waals surface area (Å²) in [4.78, 5) is 11.6. The summed E-state index contributed by atoms with van der Waals surface area (Å²) in [5, 5.41) is 30.3. The van der Waals surface area contributed by atoms with E-state index in [4.69, 9.17) is 9.39 Å². The molecular weight excluding hydrogens is 287 g/mol. The van der Waals surface area contributed by atoms with Crippen LogP contribution in [0.4, 0.5) is 0 Å². The number of methoxy groups -OCH3 is 1. The molecule has 22 heavy (non-hydrogen) atoms. The van der Waals surface area contributed by atoms with Crippen molar-refractivity contribution in [2.45, 2.75) is 18.2 Å². The first-order chi connectivity index (χ1) is 10.4. The molecule has 3 N–H and O–H groups in total. The van der Waals surface area contributed by atoms with Gasteiger partial charge in [-0.1, -0.05) is 24.0 Å². The van der Waals surface area contributed by atoms with Crippen molar-refractivity contribution in [1.82, 2.24) is 0 Å². The summed E-state index contributed by atoms with van der Waals surface area (Å²) < 4.78 is 10.5. The van der Waals surface area contributed by atoms with E-state index in [9.17, 15) is 19.9 Å². The van der Waals surface area contributed by atoms with Gasteiger partial charge in [0.05, 0.1) is 12.9 Å². The predicted molar refractivity (Wildman–Crippen MR) is 78.0 cm³/mol. The first-order valence-electron chi connectivity index (χ1n) is 7.35. The molecule has 0 aromatic heterocycles. The van der Waals surface area contributed by atoms with Crippen molar-refractivity contribution in [3.8, 4) is 11.5 Å². The first kappa shape index (κ1) is 13.7. The van der Waals surface area contributed by atoms with Gasteiger partial charge in [-0.2, -0.15) is 0 Å². The van der Waals surface area contributed by atoms with Gasteiger partial charge in [-0.25, -0.2) is 4.79 Å². The summed E-state index contributed by atoms with van der Waals surface area (Å²) >= 11 is 0. The number of ether oxygens (including phenoxy) is 1. The minimum Gasteiger partial charge on any atom is -0.669 e. The number of carboxylic acid groups (broad SMARTS) is 1. The Morgan fingerprint density at radius 1 is 1.32 bits per heavy atom. The normalized spacial score (nSPS) is 33.0. The molecule has 1 heterocycles. The van der Waals surface area contributed by atoms with Crippen LogP contribution >= 0.6 is 0 Å². The molecule has 1 fully saturated rings. The van der Waals surface area contributed by atoms with E-state index in [1.54, 1.807) is 12.1 Å². The molecular formula is C15H16BO6-. The number of carbonyl (C=O) groups is 1. The standard InChI is InChI=1S/C15H16BO6/c1-21-10-5-4-9-11-7-2-3-8(6-7)13(11)16(19,20)22-14(9)12(10)15(17)18/h2-5,7-8,11,13,19-20H,6H2,1H3,(H,17,18)/q-1. The average molecular weight is 303 g/mol. The van der Waals surface area contributed by atoms with Gasteiger partial charge in [0.25, 0.3) is 0 Å². The zero-order valence-corrected chi connectivity index (χ0v) is 12.0. The van der Waals surface area contributed by atoms with Crippen molar-refractivity contribution in [3.63, 3.8) is 0 Å². The molecule has 1 aromatic carbocycles. The zero-order valence-electron chi connectivity index (χ0n) is 12.0. The molecule has 0 radical (unpaired) electrons. The van der Waals surface area contributed by atoms with E-state index in [0.717, 1.165) is 12.0 Å². The second kappa shape index (κ2) is 4.27. The van der Waals surface area contributed by atoms with E-state index < -0.39 is 18.5 Å². The van der Waals surface area contributed by atoms with Gasteiger partial charge in [0.15, 0.2) is 0 Å². The van der Waals surface area contributed by atoms with Crippen molar-refractivity contribution >= 4 is 12.7 Å². The lowest BCUT2D eigenvalue weighted by Gasteiger charge is -2.49. The van der Waals surface area contributed by atoms with Crippen LogP contribution in [0.1, 0.15) is 28.3 Å². The lowest BCUT2D eigenvalue weighted by atomic mass is 9.51. The Balaban J connectivity index is 1.95. The van der Waals surface area contributed by atoms with Crippen LogP contribution in [0.2, 0.25) is 5.82 Å². The number of rotatable bonds is 2. The van der Waals surface area contributed by atoms with Crippen molar-refractivity contribution in [3.05, 3.63) is 35.4 Å². The summed E-state index contributed by atoms with van der Waals surface area (Å²) in [5.74, 6) is -1.33. The van der Waals surface area contributed by atoms with E-state index in [2.05, 4.69) is 6.08 Å². The highest BCUT2D eigenvalue weighted by molar-refractivity contribution is 6.61. The SMILES string of the molecule is COc1ccc2c(c1C(=O)O)O[B-](O)(O)C1C3C=CC(C3)C21. The molecule has 0 saturated heterocycles. The maximum Gasteiger partial charge on any atom is 0.434 e. The maximum atomic E-state index is 11.6. The van der Waals surface area contributed by atoms with E-state index in [1.807, 2.05) is 6.08 Å². The van der Waals surface area contributed by atoms with Crippen LogP contribution in [0, 0.1) is 11.8 Å². The lowest BCUT2D eigenvalue weighted by molar-refractivity contribution is 0.0688. The number of fused-ring (bicyclic) bond motifs is 7. The van der Waals surface area contributed by atoms with Crippen LogP contribution in [0.5, 0.6) is 11.5 Å². The molecule has 116 valence electrons. The topological polar surface area (TPSA) is 96.2 Å². The second-order valence-corrected chi connectivity index (χ2v) is 6.30. The monoisotopic (exact) mass is 303 g/mol. The van der Waals surface area contributed by atoms with E-state index in [0.29, 0.717) is 0 Å². The molecule has 4 atom stereocenters. The highest BCUT2D eigenvalue weighted by Gasteiger charge is 2.56. The number of carboxylic acids is 1. The van der Waals surface area contributed by atoms with Crippen LogP contribution in [0.25, 0.3) is 0 Å². The summed E-state index contributed by atoms with van der Waals surface area (Å²) in [6, 6.07) is 3.38. The Hall–Kier alpha value is -1.99. The van der Waals surface area contributed by atoms with Crippen LogP contribution in [-0.2, 0) is 0 Å². The third-order valence-corrected chi connectivity index (χ3v) is 5.26. The summed E-state index contributed by atoms with van der Waals surface area (Å²) in [5.41, 5.74) is 0.570. The number of aromatic carboxylic acids is 1. The van der Waals surface area contributed by atoms with Gasteiger partial charge in [0, 0.05) is 0 Å². The van der Waals surface area contributed by atoms with Crippen LogP contribution in [-0.4, -0.2) is 35.0 Å². The highest BCUT2D eigenvalue weighted by atomic mass is 16.6. The van der Waals surface area contributed by atoms with Gasteiger partial charge >= 0.3 is 12.7 Å². The predicted octanol–water partition coefficient (Wildman–Crippen LogP) is 1.37. The Bertz CT molecular complexity index is 698. The minimum atomic E-state index is -3.11. The van der Waals surface area contributed by atoms with Crippen LogP contribution in [0.3, 0.4) is 0 Å². The number of hydrogen-bond acceptors (Lipinski definition) is 5. The molecule has 4 rings (SSSR count). The fraction of sp³-hybridized carbons (Fsp3) is 0.400. The molecule has 6 nitrogen and oxygen atoms in total. The van der Waals surface area contributed by atoms with E-state index in [1.165, 1.54) is 7.11 Å². The molecule has 2 aliphatic carbocycles. The van der Waals surface area contributed by atoms with E-state index in [-0.39, 0.29) is 34.8 Å². The Labute approximate surface area is 127 Å². The smallest absolute Gasteiger partial charge is 0.434 e. The number of hydrogen-bond donors (Lipinski definition) is 3. The molecule has 1 aromatic rings.